The number of thioether (sulfide) groups is 1. The normalized spacial score (nSPS) is 12.4. The molecule has 1 atom stereocenters. The lowest BCUT2D eigenvalue weighted by Crippen LogP contribution is -2.10. The van der Waals surface area contributed by atoms with Crippen molar-refractivity contribution in [3.63, 3.8) is 0 Å². The molecule has 0 fully saturated rings. The van der Waals surface area contributed by atoms with Crippen LogP contribution in [0, 0.1) is 0 Å². The van der Waals surface area contributed by atoms with Gasteiger partial charge in [-0.05, 0) is 36.3 Å². The predicted molar refractivity (Wildman–Crippen MR) is 69.9 cm³/mol. The highest BCUT2D eigenvalue weighted by molar-refractivity contribution is 7.98. The molecule has 0 aromatic heterocycles. The molecule has 0 bridgehead atoms. The third kappa shape index (κ3) is 3.91. The fraction of sp³-hybridized carbons (Fsp3) is 0.417. The number of aliphatic carboxylic acids is 1. The first-order valence-corrected chi connectivity index (χ1v) is 6.99. The first kappa shape index (κ1) is 14.4. The summed E-state index contributed by atoms with van der Waals surface area (Å²) in [5.41, 5.74) is 1.55. The maximum absolute atomic E-state index is 10.7. The van der Waals surface area contributed by atoms with Crippen molar-refractivity contribution in [3.05, 3.63) is 29.3 Å². The maximum Gasteiger partial charge on any atom is 0.337 e. The van der Waals surface area contributed by atoms with Crippen molar-refractivity contribution >= 4 is 29.3 Å². The summed E-state index contributed by atoms with van der Waals surface area (Å²) in [5.74, 6) is -0.626. The number of carbonyl (C=O) groups is 1. The molecule has 0 aliphatic heterocycles. The molecule has 0 radical (unpaired) electrons. The predicted octanol–water partition coefficient (Wildman–Crippen LogP) is 2.70. The van der Waals surface area contributed by atoms with Crippen LogP contribution in [0.4, 0.5) is 0 Å². The second-order valence-electron chi connectivity index (χ2n) is 3.60. The van der Waals surface area contributed by atoms with Crippen molar-refractivity contribution in [2.24, 2.45) is 0 Å². The Bertz CT molecular complexity index is 395. The third-order valence-electron chi connectivity index (χ3n) is 2.44. The number of carboxylic acid groups (broad SMARTS) is 1. The molecule has 3 nitrogen and oxygen atoms in total. The fourth-order valence-electron chi connectivity index (χ4n) is 1.54. The molecule has 94 valence electrons. The molecule has 0 aliphatic rings. The lowest BCUT2D eigenvalue weighted by atomic mass is 10.0. The summed E-state index contributed by atoms with van der Waals surface area (Å²) in [4.78, 5) is 11.7. The van der Waals surface area contributed by atoms with Crippen LogP contribution in [0.5, 0.6) is 0 Å². The highest BCUT2D eigenvalue weighted by Gasteiger charge is 2.16. The second-order valence-corrected chi connectivity index (χ2v) is 4.83. The molecule has 0 aliphatic carbocycles. The molecule has 1 rings (SSSR count). The van der Waals surface area contributed by atoms with E-state index in [1.54, 1.807) is 23.9 Å². The summed E-state index contributed by atoms with van der Waals surface area (Å²) in [7, 11) is 0. The van der Waals surface area contributed by atoms with Crippen molar-refractivity contribution in [1.82, 2.24) is 0 Å². The van der Waals surface area contributed by atoms with Gasteiger partial charge in [-0.2, -0.15) is 0 Å². The molecule has 0 saturated heterocycles. The lowest BCUT2D eigenvalue weighted by Gasteiger charge is -2.11. The zero-order valence-electron chi connectivity index (χ0n) is 9.52. The Labute approximate surface area is 110 Å². The number of rotatable bonds is 6. The highest BCUT2D eigenvalue weighted by Crippen LogP contribution is 2.26. The molecule has 5 heteroatoms. The minimum absolute atomic E-state index is 0.413. The minimum atomic E-state index is -1.46. The van der Waals surface area contributed by atoms with Gasteiger partial charge < -0.3 is 10.2 Å². The molecule has 1 aromatic rings. The average Bonchev–Trinajstić information content (AvgIpc) is 2.35. The van der Waals surface area contributed by atoms with E-state index in [-0.39, 0.29) is 0 Å². The molecular weight excluding hydrogens is 260 g/mol. The third-order valence-corrected chi connectivity index (χ3v) is 3.53. The van der Waals surface area contributed by atoms with Gasteiger partial charge in [0.2, 0.25) is 0 Å². The number of benzene rings is 1. The van der Waals surface area contributed by atoms with E-state index in [1.165, 1.54) is 0 Å². The number of alkyl halides is 1. The van der Waals surface area contributed by atoms with Crippen LogP contribution in [0.1, 0.15) is 23.7 Å². The molecule has 0 saturated carbocycles. The number of aliphatic hydroxyl groups excluding tert-OH is 1. The van der Waals surface area contributed by atoms with Gasteiger partial charge in [0.05, 0.1) is 0 Å². The van der Waals surface area contributed by atoms with Gasteiger partial charge in [0.25, 0.3) is 0 Å². The van der Waals surface area contributed by atoms with Crippen molar-refractivity contribution in [3.8, 4) is 0 Å². The quantitative estimate of drug-likeness (QED) is 0.619. The van der Waals surface area contributed by atoms with E-state index in [9.17, 15) is 9.90 Å². The zero-order valence-corrected chi connectivity index (χ0v) is 11.1. The first-order chi connectivity index (χ1) is 8.10. The van der Waals surface area contributed by atoms with Crippen molar-refractivity contribution < 1.29 is 15.0 Å². The van der Waals surface area contributed by atoms with E-state index < -0.39 is 12.1 Å². The molecule has 1 aromatic carbocycles. The minimum Gasteiger partial charge on any atom is -0.479 e. The summed E-state index contributed by atoms with van der Waals surface area (Å²) >= 11 is 7.19. The molecule has 0 spiro atoms. The molecule has 0 heterocycles. The summed E-state index contributed by atoms with van der Waals surface area (Å²) < 4.78 is 0. The molecule has 2 N–H and O–H groups in total. The van der Waals surface area contributed by atoms with Gasteiger partial charge in [0, 0.05) is 10.8 Å². The van der Waals surface area contributed by atoms with E-state index in [0.29, 0.717) is 11.4 Å². The topological polar surface area (TPSA) is 57.5 Å². The Kier molecular flexibility index (Phi) is 5.82. The number of hydrogen-bond donors (Lipinski definition) is 2. The van der Waals surface area contributed by atoms with Gasteiger partial charge in [-0.25, -0.2) is 4.79 Å². The van der Waals surface area contributed by atoms with Gasteiger partial charge in [-0.15, -0.1) is 23.4 Å². The summed E-state index contributed by atoms with van der Waals surface area (Å²) in [6.45, 7) is 0. The Balaban J connectivity index is 2.95. The SMILES string of the molecule is CSc1cc(C(O)C(=O)O)ccc1CCCCl. The Morgan fingerprint density at radius 2 is 2.24 bits per heavy atom. The summed E-state index contributed by atoms with van der Waals surface area (Å²) in [5, 5.41) is 18.2. The van der Waals surface area contributed by atoms with Crippen LogP contribution in [-0.4, -0.2) is 28.3 Å². The Hall–Kier alpha value is -0.710. The monoisotopic (exact) mass is 274 g/mol. The van der Waals surface area contributed by atoms with E-state index >= 15 is 0 Å². The number of hydrogen-bond acceptors (Lipinski definition) is 3. The lowest BCUT2D eigenvalue weighted by molar-refractivity contribution is -0.146. The summed E-state index contributed by atoms with van der Waals surface area (Å²) in [6.07, 6.45) is 2.22. The zero-order chi connectivity index (χ0) is 12.8. The smallest absolute Gasteiger partial charge is 0.337 e. The second kappa shape index (κ2) is 6.89. The van der Waals surface area contributed by atoms with Crippen LogP contribution in [0.3, 0.4) is 0 Å². The van der Waals surface area contributed by atoms with Crippen molar-refractivity contribution in [2.75, 3.05) is 12.1 Å². The molecule has 17 heavy (non-hydrogen) atoms. The number of aryl methyl sites for hydroxylation is 1. The van der Waals surface area contributed by atoms with Crippen molar-refractivity contribution in [2.45, 2.75) is 23.8 Å². The number of carboxylic acids is 1. The first-order valence-electron chi connectivity index (χ1n) is 5.23. The van der Waals surface area contributed by atoms with Crippen LogP contribution >= 0.6 is 23.4 Å². The molecular formula is C12H15ClO3S. The molecule has 1 unspecified atom stereocenters. The van der Waals surface area contributed by atoms with E-state index in [1.807, 2.05) is 12.3 Å². The van der Waals surface area contributed by atoms with E-state index in [0.717, 1.165) is 23.3 Å². The number of halogens is 1. The fourth-order valence-corrected chi connectivity index (χ4v) is 2.36. The van der Waals surface area contributed by atoms with E-state index in [4.69, 9.17) is 16.7 Å². The van der Waals surface area contributed by atoms with Crippen molar-refractivity contribution in [1.29, 1.82) is 0 Å². The Morgan fingerprint density at radius 1 is 1.53 bits per heavy atom. The highest BCUT2D eigenvalue weighted by atomic mass is 35.5. The van der Waals surface area contributed by atoms with Crippen LogP contribution in [0.2, 0.25) is 0 Å². The Morgan fingerprint density at radius 3 is 2.76 bits per heavy atom. The largest absolute Gasteiger partial charge is 0.479 e. The van der Waals surface area contributed by atoms with E-state index in [2.05, 4.69) is 0 Å². The van der Waals surface area contributed by atoms with Gasteiger partial charge in [-0.3, -0.25) is 0 Å². The van der Waals surface area contributed by atoms with Gasteiger partial charge in [-0.1, -0.05) is 12.1 Å². The van der Waals surface area contributed by atoms with Gasteiger partial charge >= 0.3 is 5.97 Å². The summed E-state index contributed by atoms with van der Waals surface area (Å²) in [6, 6.07) is 5.25. The van der Waals surface area contributed by atoms with Crippen LogP contribution in [0.15, 0.2) is 23.1 Å². The van der Waals surface area contributed by atoms with Gasteiger partial charge in [0.1, 0.15) is 0 Å². The molecule has 0 amide bonds. The number of aliphatic hydroxyl groups is 1. The van der Waals surface area contributed by atoms with Crippen LogP contribution in [0.25, 0.3) is 0 Å². The maximum atomic E-state index is 10.7. The average molecular weight is 275 g/mol. The van der Waals surface area contributed by atoms with Crippen LogP contribution in [-0.2, 0) is 11.2 Å². The standard InChI is InChI=1S/C12H15ClO3S/c1-17-10-7-9(11(14)12(15)16)5-4-8(10)3-2-6-13/h4-5,7,11,14H,2-3,6H2,1H3,(H,15,16). The van der Waals surface area contributed by atoms with Crippen LogP contribution < -0.4 is 0 Å². The van der Waals surface area contributed by atoms with Gasteiger partial charge in [0.15, 0.2) is 6.10 Å².